The van der Waals surface area contributed by atoms with E-state index < -0.39 is 0 Å². The average Bonchev–Trinajstić information content (AvgIpc) is 2.29. The van der Waals surface area contributed by atoms with Crippen LogP contribution >= 0.6 is 0 Å². The van der Waals surface area contributed by atoms with Crippen LogP contribution in [0.1, 0.15) is 0 Å². The van der Waals surface area contributed by atoms with Crippen LogP contribution in [0.15, 0.2) is 42.7 Å². The third-order valence-electron chi connectivity index (χ3n) is 2.54. The highest BCUT2D eigenvalue weighted by molar-refractivity contribution is 6.07. The molecule has 0 bridgehead atoms. The molecular weight excluding hydrogens is 186 g/mol. The van der Waals surface area contributed by atoms with Crippen LogP contribution in [0.3, 0.4) is 0 Å². The number of fused-ring (bicyclic) bond motifs is 3. The maximum atomic E-state index is 5.77. The number of nitrogen functional groups attached to an aromatic ring is 1. The second-order valence-electron chi connectivity index (χ2n) is 3.44. The van der Waals surface area contributed by atoms with Gasteiger partial charge in [-0.25, -0.2) is 4.98 Å². The fourth-order valence-electron chi connectivity index (χ4n) is 1.81. The number of nitrogens with zero attached hydrogens (tertiary/aromatic N) is 2. The number of anilines is 1. The van der Waals surface area contributed by atoms with E-state index in [2.05, 4.69) is 16.0 Å². The van der Waals surface area contributed by atoms with Crippen molar-refractivity contribution in [1.29, 1.82) is 0 Å². The maximum absolute atomic E-state index is 5.77. The molecule has 2 heterocycles. The summed E-state index contributed by atoms with van der Waals surface area (Å²) in [5, 5.41) is 3.34. The van der Waals surface area contributed by atoms with Gasteiger partial charge >= 0.3 is 0 Å². The Morgan fingerprint density at radius 2 is 1.80 bits per heavy atom. The van der Waals surface area contributed by atoms with E-state index in [4.69, 9.17) is 5.73 Å². The second-order valence-corrected chi connectivity index (χ2v) is 3.44. The number of hydrogen-bond acceptors (Lipinski definition) is 3. The summed E-state index contributed by atoms with van der Waals surface area (Å²) in [4.78, 5) is 8.35. The van der Waals surface area contributed by atoms with Gasteiger partial charge in [-0.05, 0) is 11.5 Å². The van der Waals surface area contributed by atoms with Gasteiger partial charge < -0.3 is 5.73 Å². The molecule has 3 aromatic rings. The summed E-state index contributed by atoms with van der Waals surface area (Å²) in [5.41, 5.74) is 6.55. The van der Waals surface area contributed by atoms with Gasteiger partial charge in [0.15, 0.2) is 0 Å². The molecule has 2 aromatic heterocycles. The van der Waals surface area contributed by atoms with Crippen LogP contribution in [0.5, 0.6) is 0 Å². The van der Waals surface area contributed by atoms with E-state index in [-0.39, 0.29) is 0 Å². The molecule has 3 nitrogen and oxygen atoms in total. The molecule has 0 spiro atoms. The molecular formula is C12H9N3. The van der Waals surface area contributed by atoms with Gasteiger partial charge in [0.1, 0.15) is 11.3 Å². The molecule has 1 aromatic carbocycles. The SMILES string of the molecule is Nc1nccc2c1ncc1ccccc12. The summed E-state index contributed by atoms with van der Waals surface area (Å²) < 4.78 is 0. The van der Waals surface area contributed by atoms with Gasteiger partial charge in [-0.2, -0.15) is 0 Å². The Labute approximate surface area is 86.6 Å². The van der Waals surface area contributed by atoms with E-state index in [1.807, 2.05) is 30.5 Å². The molecule has 0 aliphatic carbocycles. The number of pyridine rings is 2. The number of hydrogen-bond donors (Lipinski definition) is 1. The van der Waals surface area contributed by atoms with E-state index in [9.17, 15) is 0 Å². The minimum absolute atomic E-state index is 0.484. The fraction of sp³-hybridized carbons (Fsp3) is 0. The Bertz CT molecular complexity index is 646. The van der Waals surface area contributed by atoms with Crippen molar-refractivity contribution < 1.29 is 0 Å². The topological polar surface area (TPSA) is 51.8 Å². The zero-order valence-electron chi connectivity index (χ0n) is 8.01. The highest BCUT2D eigenvalue weighted by Crippen LogP contribution is 2.24. The molecule has 72 valence electrons. The van der Waals surface area contributed by atoms with Gasteiger partial charge in [0.25, 0.3) is 0 Å². The van der Waals surface area contributed by atoms with Crippen LogP contribution in [0.2, 0.25) is 0 Å². The molecule has 3 heteroatoms. The summed E-state index contributed by atoms with van der Waals surface area (Å²) >= 11 is 0. The van der Waals surface area contributed by atoms with E-state index in [1.165, 1.54) is 0 Å². The average molecular weight is 195 g/mol. The van der Waals surface area contributed by atoms with Crippen molar-refractivity contribution in [2.75, 3.05) is 5.73 Å². The molecule has 0 atom stereocenters. The van der Waals surface area contributed by atoms with Crippen molar-refractivity contribution in [1.82, 2.24) is 9.97 Å². The Balaban J connectivity index is 2.60. The minimum Gasteiger partial charge on any atom is -0.382 e. The smallest absolute Gasteiger partial charge is 0.149 e. The largest absolute Gasteiger partial charge is 0.382 e. The number of nitrogens with two attached hydrogens (primary N) is 1. The zero-order valence-corrected chi connectivity index (χ0v) is 8.01. The number of aromatic nitrogens is 2. The molecule has 3 rings (SSSR count). The first kappa shape index (κ1) is 8.17. The highest BCUT2D eigenvalue weighted by atomic mass is 14.9. The normalized spacial score (nSPS) is 10.9. The van der Waals surface area contributed by atoms with Gasteiger partial charge in [0, 0.05) is 23.2 Å². The standard InChI is InChI=1S/C12H9N3/c13-12-11-10(5-6-14-12)9-4-2-1-3-8(9)7-15-11/h1-7H,(H2,13,14). The van der Waals surface area contributed by atoms with Gasteiger partial charge in [0.2, 0.25) is 0 Å². The van der Waals surface area contributed by atoms with E-state index in [1.54, 1.807) is 6.20 Å². The predicted molar refractivity (Wildman–Crippen MR) is 61.5 cm³/mol. The quantitative estimate of drug-likeness (QED) is 0.560. The van der Waals surface area contributed by atoms with Crippen molar-refractivity contribution >= 4 is 27.5 Å². The molecule has 0 aliphatic rings. The third-order valence-corrected chi connectivity index (χ3v) is 2.54. The lowest BCUT2D eigenvalue weighted by Gasteiger charge is -2.03. The summed E-state index contributed by atoms with van der Waals surface area (Å²) in [6.07, 6.45) is 3.54. The molecule has 0 unspecified atom stereocenters. The van der Waals surface area contributed by atoms with Crippen LogP contribution in [0, 0.1) is 0 Å². The molecule has 0 fully saturated rings. The van der Waals surface area contributed by atoms with Crippen molar-refractivity contribution in [3.8, 4) is 0 Å². The summed E-state index contributed by atoms with van der Waals surface area (Å²) in [5.74, 6) is 0.484. The zero-order chi connectivity index (χ0) is 10.3. The molecule has 0 aliphatic heterocycles. The monoisotopic (exact) mass is 195 g/mol. The first-order chi connectivity index (χ1) is 7.36. The Hall–Kier alpha value is -2.16. The molecule has 2 N–H and O–H groups in total. The predicted octanol–water partition coefficient (Wildman–Crippen LogP) is 2.37. The summed E-state index contributed by atoms with van der Waals surface area (Å²) in [6.45, 7) is 0. The Morgan fingerprint density at radius 1 is 0.933 bits per heavy atom. The lowest BCUT2D eigenvalue weighted by molar-refractivity contribution is 1.33. The minimum atomic E-state index is 0.484. The molecule has 0 saturated heterocycles. The fourth-order valence-corrected chi connectivity index (χ4v) is 1.81. The summed E-state index contributed by atoms with van der Waals surface area (Å²) in [6, 6.07) is 10.1. The van der Waals surface area contributed by atoms with Crippen molar-refractivity contribution in [3.05, 3.63) is 42.7 Å². The Kier molecular flexibility index (Phi) is 1.59. The van der Waals surface area contributed by atoms with Crippen LogP contribution < -0.4 is 5.73 Å². The lowest BCUT2D eigenvalue weighted by atomic mass is 10.1. The van der Waals surface area contributed by atoms with Crippen molar-refractivity contribution in [2.24, 2.45) is 0 Å². The first-order valence-electron chi connectivity index (χ1n) is 4.74. The number of rotatable bonds is 0. The van der Waals surface area contributed by atoms with E-state index >= 15 is 0 Å². The van der Waals surface area contributed by atoms with Crippen LogP contribution in [0.25, 0.3) is 21.7 Å². The van der Waals surface area contributed by atoms with Crippen LogP contribution in [-0.2, 0) is 0 Å². The molecule has 0 saturated carbocycles. The maximum Gasteiger partial charge on any atom is 0.149 e. The Morgan fingerprint density at radius 3 is 2.73 bits per heavy atom. The van der Waals surface area contributed by atoms with Crippen molar-refractivity contribution in [3.63, 3.8) is 0 Å². The number of benzene rings is 1. The van der Waals surface area contributed by atoms with Gasteiger partial charge in [-0.15, -0.1) is 0 Å². The van der Waals surface area contributed by atoms with E-state index in [0.717, 1.165) is 21.7 Å². The van der Waals surface area contributed by atoms with Gasteiger partial charge in [-0.3, -0.25) is 4.98 Å². The molecule has 15 heavy (non-hydrogen) atoms. The van der Waals surface area contributed by atoms with Crippen molar-refractivity contribution in [2.45, 2.75) is 0 Å². The third kappa shape index (κ3) is 1.13. The van der Waals surface area contributed by atoms with E-state index in [0.29, 0.717) is 5.82 Å². The van der Waals surface area contributed by atoms with Crippen LogP contribution in [-0.4, -0.2) is 9.97 Å². The molecule has 0 radical (unpaired) electrons. The lowest BCUT2D eigenvalue weighted by Crippen LogP contribution is -1.93. The summed E-state index contributed by atoms with van der Waals surface area (Å²) in [7, 11) is 0. The van der Waals surface area contributed by atoms with Crippen LogP contribution in [0.4, 0.5) is 5.82 Å². The van der Waals surface area contributed by atoms with Gasteiger partial charge in [0.05, 0.1) is 0 Å². The molecule has 0 amide bonds. The first-order valence-corrected chi connectivity index (χ1v) is 4.74. The second kappa shape index (κ2) is 2.92. The van der Waals surface area contributed by atoms with Gasteiger partial charge in [-0.1, -0.05) is 24.3 Å². The highest BCUT2D eigenvalue weighted by Gasteiger charge is 2.03.